The molecule has 0 spiro atoms. The molecule has 0 amide bonds. The number of carboxylic acids is 1. The monoisotopic (exact) mass is 270 g/mol. The Morgan fingerprint density at radius 1 is 1.37 bits per heavy atom. The number of halogens is 3. The van der Waals surface area contributed by atoms with Gasteiger partial charge in [-0.3, -0.25) is 0 Å². The van der Waals surface area contributed by atoms with Crippen molar-refractivity contribution < 1.29 is 23.1 Å². The molecule has 1 fully saturated rings. The first-order valence-corrected chi connectivity index (χ1v) is 5.63. The van der Waals surface area contributed by atoms with Crippen molar-refractivity contribution in [1.82, 2.24) is 9.55 Å². The molecule has 0 saturated heterocycles. The van der Waals surface area contributed by atoms with E-state index in [-0.39, 0.29) is 23.9 Å². The molecule has 2 aromatic rings. The standard InChI is InChI=1S/C12H9F3N2O2/c13-12(14,15)11(3-4-11)17-6-16-8-5-7(10(18)19)1-2-9(8)17/h1-2,5-6H,3-4H2,(H,18,19). The van der Waals surface area contributed by atoms with Gasteiger partial charge in [-0.15, -0.1) is 0 Å². The summed E-state index contributed by atoms with van der Waals surface area (Å²) in [5.41, 5.74) is -1.29. The number of carboxylic acid groups (broad SMARTS) is 1. The minimum Gasteiger partial charge on any atom is -0.478 e. The van der Waals surface area contributed by atoms with Gasteiger partial charge < -0.3 is 9.67 Å². The van der Waals surface area contributed by atoms with Gasteiger partial charge in [0.15, 0.2) is 0 Å². The molecule has 1 heterocycles. The maximum Gasteiger partial charge on any atom is 0.411 e. The highest BCUT2D eigenvalue weighted by Crippen LogP contribution is 2.56. The number of carbonyl (C=O) groups is 1. The Morgan fingerprint density at radius 2 is 2.05 bits per heavy atom. The maximum atomic E-state index is 13.1. The highest BCUT2D eigenvalue weighted by Gasteiger charge is 2.65. The number of hydrogen-bond donors (Lipinski definition) is 1. The smallest absolute Gasteiger partial charge is 0.411 e. The van der Waals surface area contributed by atoms with Crippen LogP contribution in [0.15, 0.2) is 24.5 Å². The summed E-state index contributed by atoms with van der Waals surface area (Å²) < 4.78 is 40.3. The normalized spacial score (nSPS) is 17.6. The van der Waals surface area contributed by atoms with Crippen LogP contribution in [-0.2, 0) is 5.54 Å². The van der Waals surface area contributed by atoms with Crippen molar-refractivity contribution in [2.75, 3.05) is 0 Å². The van der Waals surface area contributed by atoms with Gasteiger partial charge in [0.05, 0.1) is 22.9 Å². The predicted molar refractivity (Wildman–Crippen MR) is 60.0 cm³/mol. The lowest BCUT2D eigenvalue weighted by Crippen LogP contribution is -2.34. The molecule has 19 heavy (non-hydrogen) atoms. The topological polar surface area (TPSA) is 55.1 Å². The Balaban J connectivity index is 2.15. The lowest BCUT2D eigenvalue weighted by atomic mass is 10.2. The van der Waals surface area contributed by atoms with Crippen LogP contribution in [0.5, 0.6) is 0 Å². The fraction of sp³-hybridized carbons (Fsp3) is 0.333. The van der Waals surface area contributed by atoms with E-state index in [1.54, 1.807) is 0 Å². The quantitative estimate of drug-likeness (QED) is 0.912. The van der Waals surface area contributed by atoms with E-state index >= 15 is 0 Å². The SMILES string of the molecule is O=C(O)c1ccc2c(c1)ncn2C1(C(F)(F)F)CC1. The maximum absolute atomic E-state index is 13.1. The summed E-state index contributed by atoms with van der Waals surface area (Å²) in [4.78, 5) is 14.7. The number of aromatic nitrogens is 2. The van der Waals surface area contributed by atoms with Crippen molar-refractivity contribution in [3.05, 3.63) is 30.1 Å². The molecule has 0 atom stereocenters. The number of nitrogens with zero attached hydrogens (tertiary/aromatic N) is 2. The summed E-state index contributed by atoms with van der Waals surface area (Å²) in [6.07, 6.45) is -3.13. The Hall–Kier alpha value is -2.05. The number of hydrogen-bond acceptors (Lipinski definition) is 2. The van der Waals surface area contributed by atoms with Crippen molar-refractivity contribution in [2.24, 2.45) is 0 Å². The Labute approximate surface area is 105 Å². The van der Waals surface area contributed by atoms with E-state index in [9.17, 15) is 18.0 Å². The third-order valence-corrected chi connectivity index (χ3v) is 3.51. The third kappa shape index (κ3) is 1.61. The minimum atomic E-state index is -4.33. The zero-order valence-electron chi connectivity index (χ0n) is 9.61. The number of aromatic carboxylic acids is 1. The molecule has 3 rings (SSSR count). The first-order chi connectivity index (χ1) is 8.85. The zero-order valence-corrected chi connectivity index (χ0v) is 9.61. The average molecular weight is 270 g/mol. The summed E-state index contributed by atoms with van der Waals surface area (Å²) in [6.45, 7) is 0. The van der Waals surface area contributed by atoms with Gasteiger partial charge in [-0.2, -0.15) is 13.2 Å². The van der Waals surface area contributed by atoms with Crippen LogP contribution in [-0.4, -0.2) is 26.8 Å². The summed E-state index contributed by atoms with van der Waals surface area (Å²) >= 11 is 0. The van der Waals surface area contributed by atoms with Crippen LogP contribution in [0.2, 0.25) is 0 Å². The van der Waals surface area contributed by atoms with E-state index in [4.69, 9.17) is 5.11 Å². The summed E-state index contributed by atoms with van der Waals surface area (Å²) in [6, 6.07) is 3.94. The van der Waals surface area contributed by atoms with Crippen molar-refractivity contribution in [3.63, 3.8) is 0 Å². The first-order valence-electron chi connectivity index (χ1n) is 5.63. The Bertz CT molecular complexity index is 671. The average Bonchev–Trinajstić information content (AvgIpc) is 3.03. The predicted octanol–water partition coefficient (Wildman–Crippen LogP) is 2.79. The molecular formula is C12H9F3N2O2. The van der Waals surface area contributed by atoms with Crippen LogP contribution >= 0.6 is 0 Å². The number of imidazole rings is 1. The highest BCUT2D eigenvalue weighted by molar-refractivity contribution is 5.92. The van der Waals surface area contributed by atoms with Crippen molar-refractivity contribution in [2.45, 2.75) is 24.6 Å². The number of rotatable bonds is 2. The van der Waals surface area contributed by atoms with E-state index in [1.165, 1.54) is 18.2 Å². The molecule has 1 N–H and O–H groups in total. The van der Waals surface area contributed by atoms with Gasteiger partial charge in [0.1, 0.15) is 5.54 Å². The molecule has 100 valence electrons. The number of fused-ring (bicyclic) bond motifs is 1. The molecule has 1 aromatic carbocycles. The lowest BCUT2D eigenvalue weighted by Gasteiger charge is -2.21. The molecule has 1 aromatic heterocycles. The second-order valence-corrected chi connectivity index (χ2v) is 4.65. The second kappa shape index (κ2) is 3.49. The van der Waals surface area contributed by atoms with Gasteiger partial charge in [-0.05, 0) is 31.0 Å². The largest absolute Gasteiger partial charge is 0.478 e. The van der Waals surface area contributed by atoms with E-state index in [1.807, 2.05) is 0 Å². The molecule has 0 radical (unpaired) electrons. The minimum absolute atomic E-state index is 0.00889. The van der Waals surface area contributed by atoms with Crippen molar-refractivity contribution >= 4 is 17.0 Å². The van der Waals surface area contributed by atoms with E-state index < -0.39 is 17.7 Å². The Kier molecular flexibility index (Phi) is 2.21. The van der Waals surface area contributed by atoms with Gasteiger partial charge >= 0.3 is 12.1 Å². The molecule has 4 nitrogen and oxygen atoms in total. The van der Waals surface area contributed by atoms with E-state index in [0.29, 0.717) is 5.52 Å². The molecule has 1 saturated carbocycles. The van der Waals surface area contributed by atoms with Gasteiger partial charge in [-0.25, -0.2) is 9.78 Å². The van der Waals surface area contributed by atoms with Crippen molar-refractivity contribution in [1.29, 1.82) is 0 Å². The summed E-state index contributed by atoms with van der Waals surface area (Å²) in [5, 5.41) is 8.84. The van der Waals surface area contributed by atoms with Crippen LogP contribution in [0.4, 0.5) is 13.2 Å². The fourth-order valence-corrected chi connectivity index (χ4v) is 2.27. The van der Waals surface area contributed by atoms with Crippen LogP contribution in [0, 0.1) is 0 Å². The molecule has 0 aliphatic heterocycles. The van der Waals surface area contributed by atoms with Gasteiger partial charge in [-0.1, -0.05) is 0 Å². The van der Waals surface area contributed by atoms with Crippen LogP contribution in [0.3, 0.4) is 0 Å². The molecule has 0 unspecified atom stereocenters. The molecular weight excluding hydrogens is 261 g/mol. The van der Waals surface area contributed by atoms with Gasteiger partial charge in [0.25, 0.3) is 0 Å². The zero-order chi connectivity index (χ0) is 13.8. The lowest BCUT2D eigenvalue weighted by molar-refractivity contribution is -0.178. The van der Waals surface area contributed by atoms with Crippen LogP contribution < -0.4 is 0 Å². The summed E-state index contributed by atoms with van der Waals surface area (Å²) in [5.74, 6) is -1.13. The van der Waals surface area contributed by atoms with Crippen LogP contribution in [0.1, 0.15) is 23.2 Å². The number of benzene rings is 1. The first kappa shape index (κ1) is 12.0. The third-order valence-electron chi connectivity index (χ3n) is 3.51. The number of alkyl halides is 3. The fourth-order valence-electron chi connectivity index (χ4n) is 2.27. The molecule has 7 heteroatoms. The molecule has 1 aliphatic carbocycles. The van der Waals surface area contributed by atoms with Crippen LogP contribution in [0.25, 0.3) is 11.0 Å². The van der Waals surface area contributed by atoms with Crippen molar-refractivity contribution in [3.8, 4) is 0 Å². The van der Waals surface area contributed by atoms with Gasteiger partial charge in [0.2, 0.25) is 0 Å². The highest BCUT2D eigenvalue weighted by atomic mass is 19.4. The Morgan fingerprint density at radius 3 is 2.58 bits per heavy atom. The second-order valence-electron chi connectivity index (χ2n) is 4.65. The van der Waals surface area contributed by atoms with Gasteiger partial charge in [0, 0.05) is 0 Å². The van der Waals surface area contributed by atoms with E-state index in [0.717, 1.165) is 10.9 Å². The summed E-state index contributed by atoms with van der Waals surface area (Å²) in [7, 11) is 0. The molecule has 0 bridgehead atoms. The molecule has 1 aliphatic rings. The van der Waals surface area contributed by atoms with E-state index in [2.05, 4.69) is 4.98 Å².